The average Bonchev–Trinajstić information content (AvgIpc) is 2.15. The second-order valence-corrected chi connectivity index (χ2v) is 3.90. The Kier molecular flexibility index (Phi) is 8.64. The maximum atomic E-state index is 10.8. The SMILES string of the molecule is COC(=O)CCCCCCCN(C)C. The summed E-state index contributed by atoms with van der Waals surface area (Å²) in [6.45, 7) is 1.16. The second kappa shape index (κ2) is 9.00. The first-order valence-electron chi connectivity index (χ1n) is 5.38. The van der Waals surface area contributed by atoms with Crippen molar-refractivity contribution in [3.05, 3.63) is 0 Å². The maximum absolute atomic E-state index is 10.8. The zero-order valence-electron chi connectivity index (χ0n) is 9.71. The summed E-state index contributed by atoms with van der Waals surface area (Å²) in [6, 6.07) is 0. The van der Waals surface area contributed by atoms with Gasteiger partial charge in [-0.25, -0.2) is 0 Å². The largest absolute Gasteiger partial charge is 0.469 e. The van der Waals surface area contributed by atoms with Gasteiger partial charge in [-0.3, -0.25) is 4.79 Å². The van der Waals surface area contributed by atoms with Crippen LogP contribution in [0.1, 0.15) is 38.5 Å². The number of carbonyl (C=O) groups is 1. The first-order chi connectivity index (χ1) is 6.66. The third-order valence-corrected chi connectivity index (χ3v) is 2.21. The Hall–Kier alpha value is -0.570. The highest BCUT2D eigenvalue weighted by molar-refractivity contribution is 5.68. The lowest BCUT2D eigenvalue weighted by molar-refractivity contribution is -0.140. The van der Waals surface area contributed by atoms with Crippen molar-refractivity contribution in [1.29, 1.82) is 0 Å². The lowest BCUT2D eigenvalue weighted by Gasteiger charge is -2.08. The van der Waals surface area contributed by atoms with E-state index in [2.05, 4.69) is 23.7 Å². The Morgan fingerprint density at radius 3 is 2.21 bits per heavy atom. The van der Waals surface area contributed by atoms with Crippen molar-refractivity contribution in [3.63, 3.8) is 0 Å². The van der Waals surface area contributed by atoms with Crippen LogP contribution in [0.25, 0.3) is 0 Å². The third kappa shape index (κ3) is 9.52. The zero-order chi connectivity index (χ0) is 10.8. The predicted octanol–water partition coefficient (Wildman–Crippen LogP) is 2.06. The van der Waals surface area contributed by atoms with Gasteiger partial charge >= 0.3 is 5.97 Å². The molecular weight excluding hydrogens is 178 g/mol. The molecule has 0 aliphatic carbocycles. The number of unbranched alkanes of at least 4 members (excludes halogenated alkanes) is 4. The van der Waals surface area contributed by atoms with Crippen molar-refractivity contribution in [2.24, 2.45) is 0 Å². The summed E-state index contributed by atoms with van der Waals surface area (Å²) in [7, 11) is 5.63. The summed E-state index contributed by atoms with van der Waals surface area (Å²) in [5, 5.41) is 0. The molecule has 0 saturated carbocycles. The molecule has 0 aromatic heterocycles. The van der Waals surface area contributed by atoms with Gasteiger partial charge in [0.25, 0.3) is 0 Å². The molecule has 0 amide bonds. The van der Waals surface area contributed by atoms with Crippen molar-refractivity contribution in [3.8, 4) is 0 Å². The Morgan fingerprint density at radius 1 is 1.07 bits per heavy atom. The highest BCUT2D eigenvalue weighted by atomic mass is 16.5. The van der Waals surface area contributed by atoms with E-state index in [9.17, 15) is 4.79 Å². The summed E-state index contributed by atoms with van der Waals surface area (Å²) in [5.41, 5.74) is 0. The zero-order valence-corrected chi connectivity index (χ0v) is 9.71. The second-order valence-electron chi connectivity index (χ2n) is 3.90. The van der Waals surface area contributed by atoms with Gasteiger partial charge < -0.3 is 9.64 Å². The van der Waals surface area contributed by atoms with Crippen LogP contribution < -0.4 is 0 Å². The molecule has 0 spiro atoms. The molecule has 0 N–H and O–H groups in total. The molecule has 0 unspecified atom stereocenters. The van der Waals surface area contributed by atoms with Crippen molar-refractivity contribution in [1.82, 2.24) is 4.90 Å². The fourth-order valence-electron chi connectivity index (χ4n) is 1.33. The van der Waals surface area contributed by atoms with E-state index in [0.29, 0.717) is 6.42 Å². The van der Waals surface area contributed by atoms with Gasteiger partial charge in [0.1, 0.15) is 0 Å². The van der Waals surface area contributed by atoms with E-state index in [1.807, 2.05) is 0 Å². The molecule has 0 radical (unpaired) electrons. The van der Waals surface area contributed by atoms with Crippen LogP contribution >= 0.6 is 0 Å². The molecule has 0 aromatic carbocycles. The molecule has 0 fully saturated rings. The highest BCUT2D eigenvalue weighted by Gasteiger charge is 1.98. The Bertz CT molecular complexity index is 146. The minimum absolute atomic E-state index is 0.0849. The molecule has 0 rings (SSSR count). The average molecular weight is 201 g/mol. The quantitative estimate of drug-likeness (QED) is 0.445. The van der Waals surface area contributed by atoms with Crippen molar-refractivity contribution >= 4 is 5.97 Å². The van der Waals surface area contributed by atoms with Crippen LogP contribution in [0.2, 0.25) is 0 Å². The molecule has 0 aliphatic rings. The van der Waals surface area contributed by atoms with Crippen molar-refractivity contribution < 1.29 is 9.53 Å². The smallest absolute Gasteiger partial charge is 0.305 e. The summed E-state index contributed by atoms with van der Waals surface area (Å²) < 4.78 is 4.56. The first-order valence-corrected chi connectivity index (χ1v) is 5.38. The van der Waals surface area contributed by atoms with Crippen LogP contribution in [0.4, 0.5) is 0 Å². The summed E-state index contributed by atoms with van der Waals surface area (Å²) in [4.78, 5) is 13.0. The van der Waals surface area contributed by atoms with Gasteiger partial charge in [-0.2, -0.15) is 0 Å². The third-order valence-electron chi connectivity index (χ3n) is 2.21. The number of hydrogen-bond donors (Lipinski definition) is 0. The number of nitrogens with zero attached hydrogens (tertiary/aromatic N) is 1. The van der Waals surface area contributed by atoms with Crippen LogP contribution in [0.3, 0.4) is 0 Å². The van der Waals surface area contributed by atoms with Crippen molar-refractivity contribution in [2.45, 2.75) is 38.5 Å². The number of rotatable bonds is 8. The fraction of sp³-hybridized carbons (Fsp3) is 0.909. The lowest BCUT2D eigenvalue weighted by Crippen LogP contribution is -2.12. The maximum Gasteiger partial charge on any atom is 0.305 e. The molecule has 0 atom stereocenters. The van der Waals surface area contributed by atoms with E-state index in [4.69, 9.17) is 0 Å². The van der Waals surface area contributed by atoms with Gasteiger partial charge in [-0.05, 0) is 33.5 Å². The minimum atomic E-state index is -0.0849. The lowest BCUT2D eigenvalue weighted by atomic mass is 10.1. The van der Waals surface area contributed by atoms with Crippen LogP contribution in [0.5, 0.6) is 0 Å². The number of esters is 1. The van der Waals surface area contributed by atoms with Crippen molar-refractivity contribution in [2.75, 3.05) is 27.7 Å². The van der Waals surface area contributed by atoms with Crippen LogP contribution in [-0.4, -0.2) is 38.6 Å². The molecule has 3 nitrogen and oxygen atoms in total. The van der Waals surface area contributed by atoms with Crippen LogP contribution in [0, 0.1) is 0 Å². The van der Waals surface area contributed by atoms with E-state index in [1.54, 1.807) is 0 Å². The van der Waals surface area contributed by atoms with Gasteiger partial charge in [0.2, 0.25) is 0 Å². The molecule has 0 saturated heterocycles. The number of hydrogen-bond acceptors (Lipinski definition) is 3. The molecule has 0 heterocycles. The number of ether oxygens (including phenoxy) is 1. The van der Waals surface area contributed by atoms with E-state index in [-0.39, 0.29) is 5.97 Å². The van der Waals surface area contributed by atoms with Gasteiger partial charge in [-0.15, -0.1) is 0 Å². The molecule has 14 heavy (non-hydrogen) atoms. The molecule has 3 heteroatoms. The predicted molar refractivity (Wildman–Crippen MR) is 58.3 cm³/mol. The van der Waals surface area contributed by atoms with E-state index in [1.165, 1.54) is 26.4 Å². The Labute approximate surface area is 87.4 Å². The van der Waals surface area contributed by atoms with E-state index in [0.717, 1.165) is 19.4 Å². The molecule has 0 aromatic rings. The van der Waals surface area contributed by atoms with Gasteiger partial charge in [0.05, 0.1) is 7.11 Å². The minimum Gasteiger partial charge on any atom is -0.469 e. The van der Waals surface area contributed by atoms with Gasteiger partial charge in [0, 0.05) is 6.42 Å². The fourth-order valence-corrected chi connectivity index (χ4v) is 1.33. The van der Waals surface area contributed by atoms with Crippen LogP contribution in [-0.2, 0) is 9.53 Å². The first kappa shape index (κ1) is 13.4. The standard InChI is InChI=1S/C11H23NO2/c1-12(2)10-8-6-4-5-7-9-11(13)14-3/h4-10H2,1-3H3. The summed E-state index contributed by atoms with van der Waals surface area (Å²) in [6.07, 6.45) is 6.43. The normalized spacial score (nSPS) is 10.6. The monoisotopic (exact) mass is 201 g/mol. The topological polar surface area (TPSA) is 29.5 Å². The Morgan fingerprint density at radius 2 is 1.64 bits per heavy atom. The Balaban J connectivity index is 3.03. The van der Waals surface area contributed by atoms with Gasteiger partial charge in [0.15, 0.2) is 0 Å². The summed E-state index contributed by atoms with van der Waals surface area (Å²) in [5.74, 6) is -0.0849. The number of methoxy groups -OCH3 is 1. The molecule has 0 aliphatic heterocycles. The molecular formula is C11H23NO2. The molecule has 84 valence electrons. The molecule has 0 bridgehead atoms. The summed E-state index contributed by atoms with van der Waals surface area (Å²) >= 11 is 0. The number of carbonyl (C=O) groups excluding carboxylic acids is 1. The highest BCUT2D eigenvalue weighted by Crippen LogP contribution is 2.06. The van der Waals surface area contributed by atoms with E-state index < -0.39 is 0 Å². The van der Waals surface area contributed by atoms with Crippen LogP contribution in [0.15, 0.2) is 0 Å². The van der Waals surface area contributed by atoms with Gasteiger partial charge in [-0.1, -0.05) is 19.3 Å². The van der Waals surface area contributed by atoms with E-state index >= 15 is 0 Å².